The number of hydrogen-bond donors (Lipinski definition) is 7. The Morgan fingerprint density at radius 3 is 1.38 bits per heavy atom. The minimum Gasteiger partial charge on any atom is -0.462 e. The van der Waals surface area contributed by atoms with Gasteiger partial charge in [-0.1, -0.05) is 147 Å². The normalized spacial score (nSPS) is 26.3. The Morgan fingerprint density at radius 2 is 0.879 bits per heavy atom. The second kappa shape index (κ2) is 38.8. The van der Waals surface area contributed by atoms with E-state index in [1.807, 2.05) is 0 Å². The summed E-state index contributed by atoms with van der Waals surface area (Å²) in [6.07, 6.45) is 22.1. The molecule has 2 fully saturated rings. The molecule has 2 rings (SSSR count). The zero-order valence-corrected chi connectivity index (χ0v) is 40.7. The number of allylic oxidation sites excluding steroid dienone is 4. The van der Waals surface area contributed by atoms with Crippen LogP contribution >= 0.6 is 0 Å². The summed E-state index contributed by atoms with van der Waals surface area (Å²) in [5, 5.41) is 72.0. The predicted molar refractivity (Wildman–Crippen MR) is 252 cm³/mol. The highest BCUT2D eigenvalue weighted by Gasteiger charge is 2.47. The molecule has 0 amide bonds. The molecule has 66 heavy (non-hydrogen) atoms. The first-order valence-electron chi connectivity index (χ1n) is 25.9. The van der Waals surface area contributed by atoms with Gasteiger partial charge in [-0.3, -0.25) is 9.59 Å². The maximum atomic E-state index is 13.0. The molecule has 2 aliphatic heterocycles. The molecule has 7 N–H and O–H groups in total. The smallest absolute Gasteiger partial charge is 0.306 e. The Balaban J connectivity index is 1.79. The van der Waals surface area contributed by atoms with Crippen molar-refractivity contribution < 1.29 is 73.8 Å². The fourth-order valence-corrected chi connectivity index (χ4v) is 8.07. The molecule has 0 aromatic rings. The van der Waals surface area contributed by atoms with Crippen LogP contribution in [0.5, 0.6) is 0 Å². The molecule has 0 radical (unpaired) electrons. The average molecular weight is 945 g/mol. The molecule has 0 aliphatic carbocycles. The lowest BCUT2D eigenvalue weighted by atomic mass is 9.98. The van der Waals surface area contributed by atoms with Crippen LogP contribution in [-0.2, 0) is 38.0 Å². The monoisotopic (exact) mass is 945 g/mol. The van der Waals surface area contributed by atoms with E-state index in [0.717, 1.165) is 64.2 Å². The fourth-order valence-electron chi connectivity index (χ4n) is 8.07. The van der Waals surface area contributed by atoms with Crippen LogP contribution in [0.25, 0.3) is 0 Å². The van der Waals surface area contributed by atoms with Crippen molar-refractivity contribution in [1.29, 1.82) is 0 Å². The number of unbranched alkanes of at least 4 members (excludes halogenated alkanes) is 22. The van der Waals surface area contributed by atoms with E-state index in [0.29, 0.717) is 12.8 Å². The van der Waals surface area contributed by atoms with Crippen molar-refractivity contribution in [1.82, 2.24) is 0 Å². The molecular formula is C51H92O15. The van der Waals surface area contributed by atoms with Gasteiger partial charge in [-0.2, -0.15) is 0 Å². The Bertz CT molecular complexity index is 1250. The lowest BCUT2D eigenvalue weighted by Gasteiger charge is -2.42. The first kappa shape index (κ1) is 60.1. The molecule has 0 saturated carbocycles. The van der Waals surface area contributed by atoms with E-state index >= 15 is 0 Å². The van der Waals surface area contributed by atoms with E-state index in [1.54, 1.807) is 0 Å². The van der Waals surface area contributed by atoms with Gasteiger partial charge in [0.1, 0.15) is 55.4 Å². The van der Waals surface area contributed by atoms with Gasteiger partial charge in [0.15, 0.2) is 18.7 Å². The van der Waals surface area contributed by atoms with E-state index in [-0.39, 0.29) is 26.1 Å². The molecule has 2 aliphatic rings. The van der Waals surface area contributed by atoms with Crippen molar-refractivity contribution >= 4 is 11.9 Å². The van der Waals surface area contributed by atoms with Crippen molar-refractivity contribution in [2.24, 2.45) is 0 Å². The number of aliphatic hydroxyl groups excluding tert-OH is 7. The molecule has 0 aromatic carbocycles. The number of aliphatic hydroxyl groups is 7. The number of hydrogen-bond acceptors (Lipinski definition) is 15. The van der Waals surface area contributed by atoms with Gasteiger partial charge < -0.3 is 64.2 Å². The van der Waals surface area contributed by atoms with Crippen molar-refractivity contribution in [2.75, 3.05) is 26.4 Å². The Hall–Kier alpha value is -2.02. The van der Waals surface area contributed by atoms with Crippen molar-refractivity contribution in [2.45, 2.75) is 261 Å². The summed E-state index contributed by atoms with van der Waals surface area (Å²) in [4.78, 5) is 25.7. The number of carbonyl (C=O) groups excluding carboxylic acids is 2. The first-order chi connectivity index (χ1) is 32.0. The highest BCUT2D eigenvalue weighted by atomic mass is 16.7. The summed E-state index contributed by atoms with van der Waals surface area (Å²) in [5.41, 5.74) is 0. The summed E-state index contributed by atoms with van der Waals surface area (Å²) >= 11 is 0. The van der Waals surface area contributed by atoms with Gasteiger partial charge in [-0.25, -0.2) is 0 Å². The predicted octanol–water partition coefficient (Wildman–Crippen LogP) is 7.16. The largest absolute Gasteiger partial charge is 0.462 e. The topological polar surface area (TPSA) is 231 Å². The minimum absolute atomic E-state index is 0.163. The Morgan fingerprint density at radius 1 is 0.470 bits per heavy atom. The molecule has 2 heterocycles. The zero-order valence-electron chi connectivity index (χ0n) is 40.7. The summed E-state index contributed by atoms with van der Waals surface area (Å²) in [7, 11) is 0. The van der Waals surface area contributed by atoms with E-state index in [4.69, 9.17) is 28.4 Å². The summed E-state index contributed by atoms with van der Waals surface area (Å²) in [6, 6.07) is 0. The standard InChI is InChI=1S/C51H92O15/c1-3-5-7-9-11-13-15-16-17-18-19-20-21-22-24-26-28-30-32-34-43(54)64-39(36-61-42(53)33-31-29-27-25-23-14-12-10-8-6-4-2)37-62-50-49(60)47(58)45(56)41(66-50)38-63-51-48(59)46(57)44(55)40(35-52)65-51/h10,12,16-17,39-41,44-52,55-60H,3-9,11,13-15,18-38H2,1-2H3/b12-10+,17-16+/t39-,40+,41+,44-,45-,46?,47?,48?,49?,50+,51+/m1/s1. The summed E-state index contributed by atoms with van der Waals surface area (Å²) in [6.45, 7) is 2.54. The fraction of sp³-hybridized carbons (Fsp3) is 0.882. The van der Waals surface area contributed by atoms with E-state index in [2.05, 4.69) is 38.2 Å². The van der Waals surface area contributed by atoms with Crippen LogP contribution in [0.3, 0.4) is 0 Å². The van der Waals surface area contributed by atoms with Gasteiger partial charge >= 0.3 is 11.9 Å². The third-order valence-corrected chi connectivity index (χ3v) is 12.4. The molecule has 4 unspecified atom stereocenters. The van der Waals surface area contributed by atoms with Crippen molar-refractivity contribution in [3.63, 3.8) is 0 Å². The first-order valence-corrected chi connectivity index (χ1v) is 25.9. The molecule has 15 heteroatoms. The van der Waals surface area contributed by atoms with Gasteiger partial charge in [0, 0.05) is 12.8 Å². The van der Waals surface area contributed by atoms with Gasteiger partial charge in [0.25, 0.3) is 0 Å². The van der Waals surface area contributed by atoms with E-state index in [1.165, 1.54) is 89.9 Å². The molecule has 0 aromatic heterocycles. The number of carbonyl (C=O) groups is 2. The van der Waals surface area contributed by atoms with Gasteiger partial charge in [-0.15, -0.1) is 0 Å². The number of ether oxygens (including phenoxy) is 6. The maximum absolute atomic E-state index is 13.0. The molecule has 386 valence electrons. The van der Waals surface area contributed by atoms with Gasteiger partial charge in [-0.05, 0) is 57.8 Å². The van der Waals surface area contributed by atoms with Crippen LogP contribution in [0.15, 0.2) is 24.3 Å². The molecule has 0 bridgehead atoms. The summed E-state index contributed by atoms with van der Waals surface area (Å²) in [5.74, 6) is -0.935. The number of rotatable bonds is 40. The Labute approximate surface area is 396 Å². The third kappa shape index (κ3) is 26.7. The van der Waals surface area contributed by atoms with Gasteiger partial charge in [0.2, 0.25) is 0 Å². The highest BCUT2D eigenvalue weighted by Crippen LogP contribution is 2.26. The van der Waals surface area contributed by atoms with Crippen LogP contribution in [0.2, 0.25) is 0 Å². The average Bonchev–Trinajstić information content (AvgIpc) is 3.31. The van der Waals surface area contributed by atoms with Gasteiger partial charge in [0.05, 0.1) is 19.8 Å². The SMILES string of the molecule is CCCC/C=C/CCCCCCCC(=O)OC[C@H](CO[C@H]1O[C@@H](CO[C@H]2O[C@@H](CO)[C@@H](O)C(O)C2O)[C@@H](O)C(O)C1O)OC(=O)CCCCCCCCCCC/C=C/CCCCCCCC. The molecule has 2 saturated heterocycles. The zero-order chi connectivity index (χ0) is 48.2. The molecule has 11 atom stereocenters. The third-order valence-electron chi connectivity index (χ3n) is 12.4. The van der Waals surface area contributed by atoms with Crippen LogP contribution in [-0.4, -0.2) is 142 Å². The molecule has 0 spiro atoms. The highest BCUT2D eigenvalue weighted by molar-refractivity contribution is 5.70. The van der Waals surface area contributed by atoms with Crippen molar-refractivity contribution in [3.8, 4) is 0 Å². The van der Waals surface area contributed by atoms with Crippen molar-refractivity contribution in [3.05, 3.63) is 24.3 Å². The minimum atomic E-state index is -1.76. The second-order valence-corrected chi connectivity index (χ2v) is 18.3. The quantitative estimate of drug-likeness (QED) is 0.0184. The molecule has 15 nitrogen and oxygen atoms in total. The Kier molecular flexibility index (Phi) is 35.3. The van der Waals surface area contributed by atoms with Crippen LogP contribution in [0.4, 0.5) is 0 Å². The lowest BCUT2D eigenvalue weighted by molar-refractivity contribution is -0.332. The maximum Gasteiger partial charge on any atom is 0.306 e. The second-order valence-electron chi connectivity index (χ2n) is 18.3. The summed E-state index contributed by atoms with van der Waals surface area (Å²) < 4.78 is 33.5. The van der Waals surface area contributed by atoms with Crippen LogP contribution < -0.4 is 0 Å². The van der Waals surface area contributed by atoms with E-state index < -0.39 is 92.7 Å². The van der Waals surface area contributed by atoms with E-state index in [9.17, 15) is 45.3 Å². The number of esters is 2. The van der Waals surface area contributed by atoms with Crippen LogP contribution in [0.1, 0.15) is 194 Å². The van der Waals surface area contributed by atoms with Crippen LogP contribution in [0, 0.1) is 0 Å². The molecular weight excluding hydrogens is 853 g/mol. The lowest BCUT2D eigenvalue weighted by Crippen LogP contribution is -2.61.